The monoisotopic (exact) mass is 414 g/mol. The van der Waals surface area contributed by atoms with Crippen LogP contribution in [0.25, 0.3) is 0 Å². The minimum atomic E-state index is -0.564. The molecule has 1 N–H and O–H groups in total. The number of ether oxygens (including phenoxy) is 3. The average molecular weight is 415 g/mol. The fraction of sp³-hybridized carbons (Fsp3) is 0.652. The van der Waals surface area contributed by atoms with Crippen molar-refractivity contribution in [3.63, 3.8) is 0 Å². The Hall–Kier alpha value is -1.96. The quantitative estimate of drug-likeness (QED) is 0.700. The van der Waals surface area contributed by atoms with Gasteiger partial charge in [0.05, 0.1) is 37.5 Å². The average Bonchev–Trinajstić information content (AvgIpc) is 3.09. The van der Waals surface area contributed by atoms with Gasteiger partial charge in [0.25, 0.3) is 0 Å². The maximum Gasteiger partial charge on any atom is 0.248 e. The molecule has 3 fully saturated rings. The van der Waals surface area contributed by atoms with Gasteiger partial charge in [-0.25, -0.2) is 0 Å². The minimum absolute atomic E-state index is 0.0316. The highest BCUT2D eigenvalue weighted by Crippen LogP contribution is 2.37. The molecule has 1 saturated carbocycles. The molecule has 1 spiro atoms. The van der Waals surface area contributed by atoms with E-state index in [1.807, 2.05) is 11.0 Å². The number of benzene rings is 1. The number of morpholine rings is 1. The van der Waals surface area contributed by atoms with E-state index in [2.05, 4.69) is 23.5 Å². The molecule has 1 aliphatic carbocycles. The Balaban J connectivity index is 1.40. The first-order valence-electron chi connectivity index (χ1n) is 11.1. The van der Waals surface area contributed by atoms with Crippen molar-refractivity contribution in [3.8, 4) is 0 Å². The largest absolute Gasteiger partial charge is 0.376 e. The van der Waals surface area contributed by atoms with Crippen LogP contribution < -0.4 is 5.32 Å². The van der Waals surface area contributed by atoms with Crippen LogP contribution in [0.4, 0.5) is 0 Å². The SMILES string of the molecule is O=C1COCC2(CCN3C(=O)COCc4ccccc4C4CCC(CC4)OC[C@H]32)N1. The van der Waals surface area contributed by atoms with Crippen LogP contribution in [0.1, 0.15) is 49.1 Å². The van der Waals surface area contributed by atoms with Crippen molar-refractivity contribution in [2.45, 2.75) is 62.3 Å². The summed E-state index contributed by atoms with van der Waals surface area (Å²) in [7, 11) is 0. The van der Waals surface area contributed by atoms with Gasteiger partial charge in [-0.05, 0) is 49.1 Å². The molecular formula is C23H30N2O5. The molecule has 1 aromatic rings. The second kappa shape index (κ2) is 8.29. The van der Waals surface area contributed by atoms with Gasteiger partial charge in [0, 0.05) is 6.54 Å². The third-order valence-electron chi connectivity index (χ3n) is 7.26. The van der Waals surface area contributed by atoms with E-state index in [0.717, 1.165) is 25.7 Å². The van der Waals surface area contributed by atoms with Crippen molar-refractivity contribution >= 4 is 11.8 Å². The van der Waals surface area contributed by atoms with Gasteiger partial charge in [-0.1, -0.05) is 24.3 Å². The highest BCUT2D eigenvalue weighted by molar-refractivity contribution is 5.81. The van der Waals surface area contributed by atoms with Crippen molar-refractivity contribution in [2.24, 2.45) is 0 Å². The molecule has 4 heterocycles. The lowest BCUT2D eigenvalue weighted by molar-refractivity contribution is -0.146. The Labute approximate surface area is 177 Å². The molecule has 2 saturated heterocycles. The molecule has 0 aromatic heterocycles. The number of amides is 2. The van der Waals surface area contributed by atoms with Gasteiger partial charge in [-0.15, -0.1) is 0 Å². The van der Waals surface area contributed by atoms with Gasteiger partial charge in [-0.2, -0.15) is 0 Å². The number of hydrogen-bond donors (Lipinski definition) is 1. The maximum atomic E-state index is 13.0. The molecule has 7 heteroatoms. The number of rotatable bonds is 0. The minimum Gasteiger partial charge on any atom is -0.376 e. The molecule has 4 aliphatic heterocycles. The zero-order chi connectivity index (χ0) is 20.6. The molecule has 7 nitrogen and oxygen atoms in total. The Morgan fingerprint density at radius 2 is 1.83 bits per heavy atom. The van der Waals surface area contributed by atoms with Crippen LogP contribution in [0.5, 0.6) is 0 Å². The molecule has 1 aromatic carbocycles. The molecule has 2 amide bonds. The Morgan fingerprint density at radius 3 is 2.67 bits per heavy atom. The molecule has 6 rings (SSSR count). The van der Waals surface area contributed by atoms with Crippen LogP contribution in [0, 0.1) is 0 Å². The van der Waals surface area contributed by atoms with E-state index < -0.39 is 5.54 Å². The molecule has 5 aliphatic rings. The van der Waals surface area contributed by atoms with E-state index in [-0.39, 0.29) is 37.2 Å². The third kappa shape index (κ3) is 3.74. The lowest BCUT2D eigenvalue weighted by Gasteiger charge is -2.41. The van der Waals surface area contributed by atoms with Crippen molar-refractivity contribution in [2.75, 3.05) is 33.0 Å². The number of carbonyl (C=O) groups is 2. The summed E-state index contributed by atoms with van der Waals surface area (Å²) in [6.07, 6.45) is 5.09. The zero-order valence-corrected chi connectivity index (χ0v) is 17.3. The molecule has 162 valence electrons. The van der Waals surface area contributed by atoms with E-state index in [0.29, 0.717) is 38.7 Å². The fourth-order valence-electron chi connectivity index (χ4n) is 5.64. The van der Waals surface area contributed by atoms with E-state index >= 15 is 0 Å². The third-order valence-corrected chi connectivity index (χ3v) is 7.26. The summed E-state index contributed by atoms with van der Waals surface area (Å²) in [4.78, 5) is 26.9. The highest BCUT2D eigenvalue weighted by Gasteiger charge is 2.52. The molecule has 1 unspecified atom stereocenters. The molecule has 2 atom stereocenters. The normalized spacial score (nSPS) is 34.9. The first-order valence-corrected chi connectivity index (χ1v) is 11.1. The summed E-state index contributed by atoms with van der Waals surface area (Å²) in [6, 6.07) is 8.20. The number of nitrogens with one attached hydrogen (secondary N) is 1. The predicted molar refractivity (Wildman–Crippen MR) is 109 cm³/mol. The Kier molecular flexibility index (Phi) is 5.52. The first-order chi connectivity index (χ1) is 14.6. The number of nitrogens with zero attached hydrogens (tertiary/aromatic N) is 1. The Bertz CT molecular complexity index is 807. The summed E-state index contributed by atoms with van der Waals surface area (Å²) >= 11 is 0. The number of hydrogen-bond acceptors (Lipinski definition) is 5. The van der Waals surface area contributed by atoms with Gasteiger partial charge in [0.1, 0.15) is 13.2 Å². The van der Waals surface area contributed by atoms with Crippen LogP contribution in [-0.4, -0.2) is 67.4 Å². The van der Waals surface area contributed by atoms with E-state index in [4.69, 9.17) is 14.2 Å². The standard InChI is InChI=1S/C23H30N2O5/c26-21-13-29-15-23(24-21)9-10-25-20(23)12-30-18-7-5-16(6-8-18)19-4-2-1-3-17(19)11-28-14-22(25)27/h1-4,16,18,20H,5-15H2,(H,24,26)/t16?,18?,20-,23?/m0/s1. The summed E-state index contributed by atoms with van der Waals surface area (Å²) in [5, 5.41) is 3.12. The summed E-state index contributed by atoms with van der Waals surface area (Å²) < 4.78 is 17.8. The number of carbonyl (C=O) groups excluding carboxylic acids is 2. The van der Waals surface area contributed by atoms with Gasteiger partial charge in [-0.3, -0.25) is 9.59 Å². The molecule has 30 heavy (non-hydrogen) atoms. The predicted octanol–water partition coefficient (Wildman–Crippen LogP) is 1.75. The number of fused-ring (bicyclic) bond motifs is 6. The van der Waals surface area contributed by atoms with Gasteiger partial charge in [0.2, 0.25) is 11.8 Å². The van der Waals surface area contributed by atoms with Gasteiger partial charge in [0.15, 0.2) is 0 Å². The lowest BCUT2D eigenvalue weighted by Crippen LogP contribution is -2.65. The van der Waals surface area contributed by atoms with Crippen molar-refractivity contribution < 1.29 is 23.8 Å². The lowest BCUT2D eigenvalue weighted by atomic mass is 9.81. The van der Waals surface area contributed by atoms with E-state index in [1.165, 1.54) is 11.1 Å². The highest BCUT2D eigenvalue weighted by atomic mass is 16.5. The van der Waals surface area contributed by atoms with Crippen molar-refractivity contribution in [1.29, 1.82) is 0 Å². The summed E-state index contributed by atoms with van der Waals surface area (Å²) in [5.41, 5.74) is 1.96. The van der Waals surface area contributed by atoms with Crippen LogP contribution in [0.15, 0.2) is 24.3 Å². The summed E-state index contributed by atoms with van der Waals surface area (Å²) in [5.74, 6) is 0.340. The van der Waals surface area contributed by atoms with Gasteiger partial charge >= 0.3 is 0 Å². The van der Waals surface area contributed by atoms with Gasteiger partial charge < -0.3 is 24.4 Å². The topological polar surface area (TPSA) is 77.1 Å². The maximum absolute atomic E-state index is 13.0. The summed E-state index contributed by atoms with van der Waals surface area (Å²) in [6.45, 7) is 1.96. The first kappa shape index (κ1) is 20.0. The molecule has 0 radical (unpaired) electrons. The zero-order valence-electron chi connectivity index (χ0n) is 17.3. The van der Waals surface area contributed by atoms with E-state index in [9.17, 15) is 9.59 Å². The Morgan fingerprint density at radius 1 is 1.00 bits per heavy atom. The van der Waals surface area contributed by atoms with Crippen LogP contribution in [0.2, 0.25) is 0 Å². The second-order valence-corrected chi connectivity index (χ2v) is 9.05. The van der Waals surface area contributed by atoms with Crippen LogP contribution in [-0.2, 0) is 30.4 Å². The van der Waals surface area contributed by atoms with E-state index in [1.54, 1.807) is 0 Å². The second-order valence-electron chi connectivity index (χ2n) is 9.05. The molecular weight excluding hydrogens is 384 g/mol. The smallest absolute Gasteiger partial charge is 0.248 e. The van der Waals surface area contributed by atoms with Crippen LogP contribution in [0.3, 0.4) is 0 Å². The van der Waals surface area contributed by atoms with Crippen molar-refractivity contribution in [3.05, 3.63) is 35.4 Å². The van der Waals surface area contributed by atoms with Crippen molar-refractivity contribution in [1.82, 2.24) is 10.2 Å². The fourth-order valence-corrected chi connectivity index (χ4v) is 5.64. The molecule has 2 bridgehead atoms. The van der Waals surface area contributed by atoms with Crippen LogP contribution >= 0.6 is 0 Å².